The second kappa shape index (κ2) is 4.81. The van der Waals surface area contributed by atoms with Crippen molar-refractivity contribution in [2.45, 2.75) is 0 Å². The summed E-state index contributed by atoms with van der Waals surface area (Å²) in [7, 11) is 1.54. The number of ether oxygens (including phenoxy) is 1. The summed E-state index contributed by atoms with van der Waals surface area (Å²) in [5.41, 5.74) is 0.942. The monoisotopic (exact) mass is 245 g/mol. The molecule has 84 valence electrons. The second-order valence-corrected chi connectivity index (χ2v) is 3.58. The summed E-state index contributed by atoms with van der Waals surface area (Å²) in [4.78, 5) is 8.18. The Morgan fingerprint density at radius 3 is 2.88 bits per heavy atom. The standard InChI is InChI=1S/C12H8ClN3O/c1-17-10-4-2-3-9(11(10)13)12-15-6-5-8(7-14)16-12/h2-6H,1H3. The summed E-state index contributed by atoms with van der Waals surface area (Å²) < 4.78 is 5.11. The minimum Gasteiger partial charge on any atom is -0.495 e. The topological polar surface area (TPSA) is 58.8 Å². The molecule has 1 aromatic carbocycles. The largest absolute Gasteiger partial charge is 0.495 e. The Morgan fingerprint density at radius 1 is 1.35 bits per heavy atom. The van der Waals surface area contributed by atoms with Gasteiger partial charge in [-0.1, -0.05) is 17.7 Å². The van der Waals surface area contributed by atoms with Gasteiger partial charge in [-0.05, 0) is 18.2 Å². The predicted octanol–water partition coefficient (Wildman–Crippen LogP) is 2.68. The Morgan fingerprint density at radius 2 is 2.18 bits per heavy atom. The van der Waals surface area contributed by atoms with E-state index in [4.69, 9.17) is 21.6 Å². The average Bonchev–Trinajstić information content (AvgIpc) is 2.39. The lowest BCUT2D eigenvalue weighted by molar-refractivity contribution is 0.415. The Labute approximate surface area is 103 Å². The van der Waals surface area contributed by atoms with E-state index in [1.165, 1.54) is 19.4 Å². The average molecular weight is 246 g/mol. The number of nitriles is 1. The maximum Gasteiger partial charge on any atom is 0.162 e. The van der Waals surface area contributed by atoms with Gasteiger partial charge in [-0.15, -0.1) is 0 Å². The molecular formula is C12H8ClN3O. The summed E-state index contributed by atoms with van der Waals surface area (Å²) in [6.45, 7) is 0. The van der Waals surface area contributed by atoms with E-state index < -0.39 is 0 Å². The zero-order valence-electron chi connectivity index (χ0n) is 9.01. The molecule has 0 atom stereocenters. The van der Waals surface area contributed by atoms with E-state index in [0.717, 1.165) is 0 Å². The van der Waals surface area contributed by atoms with E-state index in [0.29, 0.717) is 27.9 Å². The number of hydrogen-bond acceptors (Lipinski definition) is 4. The SMILES string of the molecule is COc1cccc(-c2nccc(C#N)n2)c1Cl. The van der Waals surface area contributed by atoms with E-state index in [-0.39, 0.29) is 0 Å². The molecule has 2 rings (SSSR count). The summed E-state index contributed by atoms with van der Waals surface area (Å²) in [6, 6.07) is 8.82. The lowest BCUT2D eigenvalue weighted by Crippen LogP contribution is -1.93. The number of benzene rings is 1. The lowest BCUT2D eigenvalue weighted by atomic mass is 10.2. The third-order valence-electron chi connectivity index (χ3n) is 2.19. The minimum atomic E-state index is 0.300. The molecule has 5 heteroatoms. The van der Waals surface area contributed by atoms with Crippen LogP contribution in [0.1, 0.15) is 5.69 Å². The van der Waals surface area contributed by atoms with Crippen LogP contribution in [-0.4, -0.2) is 17.1 Å². The molecular weight excluding hydrogens is 238 g/mol. The molecule has 0 saturated heterocycles. The molecule has 0 spiro atoms. The highest BCUT2D eigenvalue weighted by Gasteiger charge is 2.11. The van der Waals surface area contributed by atoms with Gasteiger partial charge in [-0.3, -0.25) is 0 Å². The molecule has 0 aliphatic rings. The number of rotatable bonds is 2. The van der Waals surface area contributed by atoms with E-state index in [1.807, 2.05) is 6.07 Å². The Bertz CT molecular complexity index is 593. The van der Waals surface area contributed by atoms with Crippen LogP contribution in [0.15, 0.2) is 30.5 Å². The van der Waals surface area contributed by atoms with Gasteiger partial charge in [0.1, 0.15) is 17.5 Å². The number of nitrogens with zero attached hydrogens (tertiary/aromatic N) is 3. The third kappa shape index (κ3) is 2.19. The van der Waals surface area contributed by atoms with E-state index in [2.05, 4.69) is 9.97 Å². The molecule has 0 bridgehead atoms. The van der Waals surface area contributed by atoms with Gasteiger partial charge in [-0.2, -0.15) is 5.26 Å². The summed E-state index contributed by atoms with van der Waals surface area (Å²) in [5.74, 6) is 0.961. The predicted molar refractivity (Wildman–Crippen MR) is 63.7 cm³/mol. The smallest absolute Gasteiger partial charge is 0.162 e. The number of hydrogen-bond donors (Lipinski definition) is 0. The molecule has 1 heterocycles. The van der Waals surface area contributed by atoms with Gasteiger partial charge < -0.3 is 4.74 Å². The first-order valence-corrected chi connectivity index (χ1v) is 5.20. The summed E-state index contributed by atoms with van der Waals surface area (Å²) in [5, 5.41) is 9.22. The van der Waals surface area contributed by atoms with Crippen LogP contribution >= 0.6 is 11.6 Å². The molecule has 2 aromatic rings. The van der Waals surface area contributed by atoms with Crippen LogP contribution in [0.2, 0.25) is 5.02 Å². The molecule has 0 aliphatic carbocycles. The van der Waals surface area contributed by atoms with Crippen molar-refractivity contribution in [1.82, 2.24) is 9.97 Å². The maximum absolute atomic E-state index is 8.78. The lowest BCUT2D eigenvalue weighted by Gasteiger charge is -2.07. The van der Waals surface area contributed by atoms with Gasteiger partial charge in [0.25, 0.3) is 0 Å². The molecule has 0 radical (unpaired) electrons. The van der Waals surface area contributed by atoms with Crippen LogP contribution in [0, 0.1) is 11.3 Å². The third-order valence-corrected chi connectivity index (χ3v) is 2.58. The van der Waals surface area contributed by atoms with Crippen molar-refractivity contribution < 1.29 is 4.74 Å². The van der Waals surface area contributed by atoms with Gasteiger partial charge in [-0.25, -0.2) is 9.97 Å². The molecule has 4 nitrogen and oxygen atoms in total. The van der Waals surface area contributed by atoms with Gasteiger partial charge in [0.15, 0.2) is 5.82 Å². The van der Waals surface area contributed by atoms with Crippen molar-refractivity contribution in [3.8, 4) is 23.2 Å². The van der Waals surface area contributed by atoms with Gasteiger partial charge in [0, 0.05) is 11.8 Å². The highest BCUT2D eigenvalue weighted by atomic mass is 35.5. The fourth-order valence-electron chi connectivity index (χ4n) is 1.39. The Kier molecular flexibility index (Phi) is 3.22. The highest BCUT2D eigenvalue weighted by molar-refractivity contribution is 6.34. The molecule has 17 heavy (non-hydrogen) atoms. The fraction of sp³-hybridized carbons (Fsp3) is 0.0833. The first-order chi connectivity index (χ1) is 8.26. The van der Waals surface area contributed by atoms with Gasteiger partial charge >= 0.3 is 0 Å². The Balaban J connectivity index is 2.57. The molecule has 0 unspecified atom stereocenters. The molecule has 0 fully saturated rings. The molecule has 0 aliphatic heterocycles. The second-order valence-electron chi connectivity index (χ2n) is 3.20. The quantitative estimate of drug-likeness (QED) is 0.816. The van der Waals surface area contributed by atoms with Crippen molar-refractivity contribution in [2.75, 3.05) is 7.11 Å². The van der Waals surface area contributed by atoms with Crippen LogP contribution < -0.4 is 4.74 Å². The van der Waals surface area contributed by atoms with Gasteiger partial charge in [0.05, 0.1) is 12.1 Å². The fourth-order valence-corrected chi connectivity index (χ4v) is 1.68. The van der Waals surface area contributed by atoms with Crippen LogP contribution in [0.4, 0.5) is 0 Å². The first-order valence-electron chi connectivity index (χ1n) is 4.82. The van der Waals surface area contributed by atoms with Crippen molar-refractivity contribution in [1.29, 1.82) is 5.26 Å². The van der Waals surface area contributed by atoms with E-state index >= 15 is 0 Å². The summed E-state index contributed by atoms with van der Waals surface area (Å²) >= 11 is 6.15. The van der Waals surface area contributed by atoms with E-state index in [9.17, 15) is 0 Å². The molecule has 0 N–H and O–H groups in total. The van der Waals surface area contributed by atoms with Crippen LogP contribution in [0.5, 0.6) is 5.75 Å². The van der Waals surface area contributed by atoms with Crippen molar-refractivity contribution in [3.05, 3.63) is 41.2 Å². The molecule has 0 saturated carbocycles. The van der Waals surface area contributed by atoms with E-state index in [1.54, 1.807) is 18.2 Å². The van der Waals surface area contributed by atoms with Crippen LogP contribution in [0.3, 0.4) is 0 Å². The van der Waals surface area contributed by atoms with Crippen molar-refractivity contribution >= 4 is 11.6 Å². The normalized spacial score (nSPS) is 9.71. The molecule has 0 amide bonds. The summed E-state index contributed by atoms with van der Waals surface area (Å²) in [6.07, 6.45) is 1.52. The van der Waals surface area contributed by atoms with Gasteiger partial charge in [0.2, 0.25) is 0 Å². The highest BCUT2D eigenvalue weighted by Crippen LogP contribution is 2.33. The Hall–Kier alpha value is -2.12. The number of aromatic nitrogens is 2. The van der Waals surface area contributed by atoms with Crippen molar-refractivity contribution in [2.24, 2.45) is 0 Å². The first kappa shape index (κ1) is 11.4. The maximum atomic E-state index is 8.78. The zero-order chi connectivity index (χ0) is 12.3. The van der Waals surface area contributed by atoms with Crippen LogP contribution in [-0.2, 0) is 0 Å². The van der Waals surface area contributed by atoms with Crippen molar-refractivity contribution in [3.63, 3.8) is 0 Å². The number of methoxy groups -OCH3 is 1. The number of halogens is 1. The molecule has 1 aromatic heterocycles. The zero-order valence-corrected chi connectivity index (χ0v) is 9.77. The van der Waals surface area contributed by atoms with Crippen LogP contribution in [0.25, 0.3) is 11.4 Å². The minimum absolute atomic E-state index is 0.300.